The summed E-state index contributed by atoms with van der Waals surface area (Å²) >= 11 is 5.94. The first kappa shape index (κ1) is 13.2. The minimum atomic E-state index is 0.451. The largest absolute Gasteiger partial charge is 0.356 e. The van der Waals surface area contributed by atoms with E-state index in [0.717, 1.165) is 17.9 Å². The SMILES string of the molecule is CCC(C)N(C)c1nc(CCl)cc2ccccc12. The van der Waals surface area contributed by atoms with Crippen molar-refractivity contribution in [3.05, 3.63) is 36.0 Å². The number of pyridine rings is 1. The molecule has 2 rings (SSSR count). The lowest BCUT2D eigenvalue weighted by Gasteiger charge is -2.26. The minimum absolute atomic E-state index is 0.451. The van der Waals surface area contributed by atoms with Crippen molar-refractivity contribution in [2.45, 2.75) is 32.2 Å². The summed E-state index contributed by atoms with van der Waals surface area (Å²) < 4.78 is 0. The Balaban J connectivity index is 2.60. The first-order chi connectivity index (χ1) is 8.67. The zero-order chi connectivity index (χ0) is 13.1. The third kappa shape index (κ3) is 2.44. The average molecular weight is 263 g/mol. The molecular formula is C15H19ClN2. The molecule has 0 radical (unpaired) electrons. The molecule has 0 bridgehead atoms. The Hall–Kier alpha value is -1.28. The molecule has 0 aliphatic heterocycles. The molecule has 0 saturated carbocycles. The number of nitrogens with zero attached hydrogens (tertiary/aromatic N) is 2. The van der Waals surface area contributed by atoms with Gasteiger partial charge < -0.3 is 4.90 Å². The van der Waals surface area contributed by atoms with Gasteiger partial charge in [0.15, 0.2) is 0 Å². The second-order valence-corrected chi connectivity index (χ2v) is 4.93. The Labute approximate surface area is 114 Å². The van der Waals surface area contributed by atoms with Gasteiger partial charge in [0.05, 0.1) is 11.6 Å². The van der Waals surface area contributed by atoms with Gasteiger partial charge in [-0.05, 0) is 24.8 Å². The summed E-state index contributed by atoms with van der Waals surface area (Å²) in [4.78, 5) is 6.92. The predicted molar refractivity (Wildman–Crippen MR) is 79.5 cm³/mol. The molecule has 1 aromatic carbocycles. The molecule has 0 saturated heterocycles. The number of halogens is 1. The lowest BCUT2D eigenvalue weighted by atomic mass is 10.1. The van der Waals surface area contributed by atoms with E-state index < -0.39 is 0 Å². The molecule has 1 unspecified atom stereocenters. The number of hydrogen-bond donors (Lipinski definition) is 0. The minimum Gasteiger partial charge on any atom is -0.356 e. The smallest absolute Gasteiger partial charge is 0.136 e. The van der Waals surface area contributed by atoms with Crippen molar-refractivity contribution < 1.29 is 0 Å². The lowest BCUT2D eigenvalue weighted by Crippen LogP contribution is -2.29. The third-order valence-electron chi connectivity index (χ3n) is 3.50. The summed E-state index contributed by atoms with van der Waals surface area (Å²) in [5.74, 6) is 1.48. The molecule has 96 valence electrons. The molecule has 18 heavy (non-hydrogen) atoms. The van der Waals surface area contributed by atoms with Gasteiger partial charge in [0.1, 0.15) is 5.82 Å². The molecule has 0 amide bonds. The van der Waals surface area contributed by atoms with Gasteiger partial charge in [-0.15, -0.1) is 11.6 Å². The second-order valence-electron chi connectivity index (χ2n) is 4.66. The van der Waals surface area contributed by atoms with Crippen LogP contribution in [0, 0.1) is 0 Å². The standard InChI is InChI=1S/C15H19ClN2/c1-4-11(2)18(3)15-14-8-6-5-7-12(14)9-13(10-16)17-15/h5-9,11H,4,10H2,1-3H3. The van der Waals surface area contributed by atoms with Gasteiger partial charge in [0, 0.05) is 18.5 Å². The van der Waals surface area contributed by atoms with Gasteiger partial charge in [0.25, 0.3) is 0 Å². The number of rotatable bonds is 4. The Morgan fingerprint density at radius 1 is 1.33 bits per heavy atom. The van der Waals surface area contributed by atoms with Gasteiger partial charge in [0.2, 0.25) is 0 Å². The number of benzene rings is 1. The van der Waals surface area contributed by atoms with E-state index in [1.54, 1.807) is 0 Å². The molecule has 0 N–H and O–H groups in total. The van der Waals surface area contributed by atoms with Crippen LogP contribution >= 0.6 is 11.6 Å². The van der Waals surface area contributed by atoms with Crippen molar-refractivity contribution in [2.75, 3.05) is 11.9 Å². The summed E-state index contributed by atoms with van der Waals surface area (Å²) in [5.41, 5.74) is 0.931. The van der Waals surface area contributed by atoms with E-state index in [4.69, 9.17) is 11.6 Å². The van der Waals surface area contributed by atoms with Crippen LogP contribution < -0.4 is 4.90 Å². The van der Waals surface area contributed by atoms with Crippen LogP contribution in [-0.4, -0.2) is 18.1 Å². The van der Waals surface area contributed by atoms with E-state index >= 15 is 0 Å². The second kappa shape index (κ2) is 5.57. The van der Waals surface area contributed by atoms with Crippen LogP contribution in [0.25, 0.3) is 10.8 Å². The molecule has 1 aromatic heterocycles. The van der Waals surface area contributed by atoms with Crippen LogP contribution in [0.1, 0.15) is 26.0 Å². The maximum atomic E-state index is 5.94. The zero-order valence-electron chi connectivity index (χ0n) is 11.2. The summed E-state index contributed by atoms with van der Waals surface area (Å²) in [5, 5.41) is 2.39. The van der Waals surface area contributed by atoms with Gasteiger partial charge in [-0.3, -0.25) is 0 Å². The molecule has 0 aliphatic carbocycles. The number of alkyl halides is 1. The van der Waals surface area contributed by atoms with E-state index in [9.17, 15) is 0 Å². The highest BCUT2D eigenvalue weighted by atomic mass is 35.5. The van der Waals surface area contributed by atoms with E-state index in [2.05, 4.69) is 55.0 Å². The van der Waals surface area contributed by atoms with Crippen molar-refractivity contribution >= 4 is 28.2 Å². The molecule has 1 heterocycles. The van der Waals surface area contributed by atoms with Gasteiger partial charge in [-0.2, -0.15) is 0 Å². The molecule has 3 heteroatoms. The fourth-order valence-electron chi connectivity index (χ4n) is 2.05. The lowest BCUT2D eigenvalue weighted by molar-refractivity contribution is 0.658. The quantitative estimate of drug-likeness (QED) is 0.768. The van der Waals surface area contributed by atoms with Gasteiger partial charge >= 0.3 is 0 Å². The fourth-order valence-corrected chi connectivity index (χ4v) is 2.19. The molecule has 1 atom stereocenters. The van der Waals surface area contributed by atoms with Crippen LogP contribution in [-0.2, 0) is 5.88 Å². The Morgan fingerprint density at radius 3 is 2.72 bits per heavy atom. The van der Waals surface area contributed by atoms with Crippen molar-refractivity contribution in [3.8, 4) is 0 Å². The van der Waals surface area contributed by atoms with Crippen LogP contribution in [0.2, 0.25) is 0 Å². The highest BCUT2D eigenvalue weighted by Gasteiger charge is 2.13. The van der Waals surface area contributed by atoms with Crippen LogP contribution in [0.4, 0.5) is 5.82 Å². The van der Waals surface area contributed by atoms with Crippen LogP contribution in [0.5, 0.6) is 0 Å². The molecule has 2 aromatic rings. The number of fused-ring (bicyclic) bond motifs is 1. The average Bonchev–Trinajstić information content (AvgIpc) is 2.44. The molecule has 0 fully saturated rings. The van der Waals surface area contributed by atoms with E-state index in [-0.39, 0.29) is 0 Å². The van der Waals surface area contributed by atoms with E-state index in [1.165, 1.54) is 10.8 Å². The van der Waals surface area contributed by atoms with Gasteiger partial charge in [-0.1, -0.05) is 31.2 Å². The van der Waals surface area contributed by atoms with Crippen molar-refractivity contribution in [3.63, 3.8) is 0 Å². The number of anilines is 1. The highest BCUT2D eigenvalue weighted by Crippen LogP contribution is 2.27. The Kier molecular flexibility index (Phi) is 4.07. The van der Waals surface area contributed by atoms with Crippen LogP contribution in [0.15, 0.2) is 30.3 Å². The highest BCUT2D eigenvalue weighted by molar-refractivity contribution is 6.17. The fraction of sp³-hybridized carbons (Fsp3) is 0.400. The van der Waals surface area contributed by atoms with Crippen molar-refractivity contribution in [1.29, 1.82) is 0 Å². The summed E-state index contributed by atoms with van der Waals surface area (Å²) in [6.07, 6.45) is 1.09. The van der Waals surface area contributed by atoms with Crippen molar-refractivity contribution in [1.82, 2.24) is 4.98 Å². The zero-order valence-corrected chi connectivity index (χ0v) is 11.9. The molecule has 0 aliphatic rings. The van der Waals surface area contributed by atoms with Crippen molar-refractivity contribution in [2.24, 2.45) is 0 Å². The molecule has 0 spiro atoms. The number of aromatic nitrogens is 1. The monoisotopic (exact) mass is 262 g/mol. The Bertz CT molecular complexity index is 539. The molecule has 2 nitrogen and oxygen atoms in total. The third-order valence-corrected chi connectivity index (χ3v) is 3.77. The summed E-state index contributed by atoms with van der Waals surface area (Å²) in [6, 6.07) is 10.9. The summed E-state index contributed by atoms with van der Waals surface area (Å²) in [7, 11) is 2.10. The normalized spacial score (nSPS) is 12.7. The van der Waals surface area contributed by atoms with E-state index in [1.807, 2.05) is 6.07 Å². The Morgan fingerprint density at radius 2 is 2.06 bits per heavy atom. The predicted octanol–water partition coefficient (Wildman–Crippen LogP) is 4.21. The maximum absolute atomic E-state index is 5.94. The first-order valence-electron chi connectivity index (χ1n) is 6.34. The topological polar surface area (TPSA) is 16.1 Å². The number of hydrogen-bond acceptors (Lipinski definition) is 2. The molecular weight excluding hydrogens is 244 g/mol. The van der Waals surface area contributed by atoms with Crippen LogP contribution in [0.3, 0.4) is 0 Å². The first-order valence-corrected chi connectivity index (χ1v) is 6.88. The summed E-state index contributed by atoms with van der Waals surface area (Å²) in [6.45, 7) is 4.40. The van der Waals surface area contributed by atoms with Gasteiger partial charge in [-0.25, -0.2) is 4.98 Å². The maximum Gasteiger partial charge on any atom is 0.136 e. The van der Waals surface area contributed by atoms with E-state index in [0.29, 0.717) is 11.9 Å².